The lowest BCUT2D eigenvalue weighted by molar-refractivity contribution is 0.0547. The molecule has 0 aliphatic heterocycles. The van der Waals surface area contributed by atoms with Gasteiger partial charge in [-0.15, -0.1) is 0 Å². The Hall–Kier alpha value is -1.20. The minimum atomic E-state index is -0.824. The summed E-state index contributed by atoms with van der Waals surface area (Å²) in [5.74, 6) is -0.375. The van der Waals surface area contributed by atoms with E-state index in [9.17, 15) is 9.50 Å². The maximum Gasteiger partial charge on any atom is 0.165 e. The molecule has 0 unspecified atom stereocenters. The van der Waals surface area contributed by atoms with Crippen LogP contribution in [0.3, 0.4) is 0 Å². The molecule has 0 amide bonds. The molecule has 3 nitrogen and oxygen atoms in total. The average Bonchev–Trinajstić information content (AvgIpc) is 2.18. The number of halogens is 1. The highest BCUT2D eigenvalue weighted by Gasteiger charge is 2.13. The predicted molar refractivity (Wildman–Crippen MR) is 68.7 cm³/mol. The molecule has 0 heterocycles. The maximum absolute atomic E-state index is 13.5. The lowest BCUT2D eigenvalue weighted by Gasteiger charge is -2.17. The second-order valence-electron chi connectivity index (χ2n) is 4.42. The Labute approximate surface area is 105 Å². The van der Waals surface area contributed by atoms with Crippen molar-refractivity contribution in [1.82, 2.24) is 0 Å². The third kappa shape index (κ3) is 4.66. The van der Waals surface area contributed by atoms with Gasteiger partial charge in [0.25, 0.3) is 0 Å². The van der Waals surface area contributed by atoms with Crippen LogP contribution < -0.4 is 10.5 Å². The Morgan fingerprint density at radius 2 is 2.18 bits per heavy atom. The molecule has 3 N–H and O–H groups in total. The molecule has 1 aromatic rings. The first kappa shape index (κ1) is 13.9. The molecule has 17 heavy (non-hydrogen) atoms. The molecular formula is C12H16FNO2S. The summed E-state index contributed by atoms with van der Waals surface area (Å²) >= 11 is 4.74. The standard InChI is InChI=1S/C12H16FNO2S/c1-12(2,15)5-6-16-10-4-3-8(11(14)17)7-9(10)13/h3-4,7,15H,5-6H2,1-2H3,(H2,14,17). The SMILES string of the molecule is CC(C)(O)CCOc1ccc(C(N)=S)cc1F. The third-order valence-electron chi connectivity index (χ3n) is 2.19. The number of ether oxygens (including phenoxy) is 1. The molecule has 0 fully saturated rings. The third-order valence-corrected chi connectivity index (χ3v) is 2.42. The van der Waals surface area contributed by atoms with E-state index in [0.717, 1.165) is 0 Å². The molecule has 0 atom stereocenters. The van der Waals surface area contributed by atoms with Crippen LogP contribution in [0, 0.1) is 5.82 Å². The van der Waals surface area contributed by atoms with Crippen LogP contribution in [0.15, 0.2) is 18.2 Å². The molecule has 0 aliphatic carbocycles. The number of thiocarbonyl (C=S) groups is 1. The second kappa shape index (κ2) is 5.42. The lowest BCUT2D eigenvalue weighted by Crippen LogP contribution is -2.22. The molecule has 0 spiro atoms. The van der Waals surface area contributed by atoms with Crippen LogP contribution in [0.1, 0.15) is 25.8 Å². The van der Waals surface area contributed by atoms with Crippen molar-refractivity contribution in [2.75, 3.05) is 6.61 Å². The molecule has 0 saturated heterocycles. The quantitative estimate of drug-likeness (QED) is 0.792. The van der Waals surface area contributed by atoms with Crippen LogP contribution in [0.2, 0.25) is 0 Å². The molecule has 0 aliphatic rings. The fourth-order valence-electron chi connectivity index (χ4n) is 1.18. The summed E-state index contributed by atoms with van der Waals surface area (Å²) in [6.07, 6.45) is 0.420. The molecular weight excluding hydrogens is 241 g/mol. The van der Waals surface area contributed by atoms with Gasteiger partial charge < -0.3 is 15.6 Å². The first-order chi connectivity index (χ1) is 7.79. The molecule has 1 aromatic carbocycles. The number of rotatable bonds is 5. The van der Waals surface area contributed by atoms with Crippen molar-refractivity contribution in [3.8, 4) is 5.75 Å². The van der Waals surface area contributed by atoms with Crippen LogP contribution in [-0.4, -0.2) is 22.3 Å². The van der Waals surface area contributed by atoms with Gasteiger partial charge in [0.1, 0.15) is 4.99 Å². The summed E-state index contributed by atoms with van der Waals surface area (Å²) in [6.45, 7) is 3.58. The van der Waals surface area contributed by atoms with Crippen molar-refractivity contribution in [1.29, 1.82) is 0 Å². The summed E-state index contributed by atoms with van der Waals surface area (Å²) in [4.78, 5) is 0.145. The molecule has 0 saturated carbocycles. The molecule has 0 aromatic heterocycles. The van der Waals surface area contributed by atoms with Crippen LogP contribution in [-0.2, 0) is 0 Å². The highest BCUT2D eigenvalue weighted by atomic mass is 32.1. The second-order valence-corrected chi connectivity index (χ2v) is 4.86. The van der Waals surface area contributed by atoms with E-state index in [2.05, 4.69) is 0 Å². The monoisotopic (exact) mass is 257 g/mol. The summed E-state index contributed by atoms with van der Waals surface area (Å²) in [5, 5.41) is 9.47. The number of hydrogen-bond acceptors (Lipinski definition) is 3. The zero-order valence-corrected chi connectivity index (χ0v) is 10.7. The first-order valence-electron chi connectivity index (χ1n) is 5.24. The molecule has 5 heteroatoms. The van der Waals surface area contributed by atoms with Gasteiger partial charge in [-0.05, 0) is 32.0 Å². The highest BCUT2D eigenvalue weighted by Crippen LogP contribution is 2.19. The topological polar surface area (TPSA) is 55.5 Å². The molecule has 94 valence electrons. The summed E-state index contributed by atoms with van der Waals surface area (Å²) in [7, 11) is 0. The van der Waals surface area contributed by atoms with E-state index < -0.39 is 11.4 Å². The van der Waals surface area contributed by atoms with Gasteiger partial charge in [-0.25, -0.2) is 4.39 Å². The van der Waals surface area contributed by atoms with Gasteiger partial charge in [-0.3, -0.25) is 0 Å². The Balaban J connectivity index is 2.64. The lowest BCUT2D eigenvalue weighted by atomic mass is 10.1. The van der Waals surface area contributed by atoms with Crippen LogP contribution in [0.5, 0.6) is 5.75 Å². The van der Waals surface area contributed by atoms with Crippen molar-refractivity contribution in [3.05, 3.63) is 29.6 Å². The number of benzene rings is 1. The van der Waals surface area contributed by atoms with Crippen LogP contribution >= 0.6 is 12.2 Å². The summed E-state index contributed by atoms with van der Waals surface area (Å²) < 4.78 is 18.8. The van der Waals surface area contributed by atoms with Crippen molar-refractivity contribution < 1.29 is 14.2 Å². The summed E-state index contributed by atoms with van der Waals surface area (Å²) in [5.41, 5.74) is 5.02. The normalized spacial score (nSPS) is 11.3. The Kier molecular flexibility index (Phi) is 4.42. The minimum Gasteiger partial charge on any atom is -0.490 e. The van der Waals surface area contributed by atoms with Crippen molar-refractivity contribution in [2.24, 2.45) is 5.73 Å². The predicted octanol–water partition coefficient (Wildman–Crippen LogP) is 2.00. The number of nitrogens with two attached hydrogens (primary N) is 1. The number of hydrogen-bond donors (Lipinski definition) is 2. The first-order valence-corrected chi connectivity index (χ1v) is 5.65. The minimum absolute atomic E-state index is 0.134. The Bertz CT molecular complexity index is 415. The van der Waals surface area contributed by atoms with Gasteiger partial charge in [0, 0.05) is 12.0 Å². The fraction of sp³-hybridized carbons (Fsp3) is 0.417. The van der Waals surface area contributed by atoms with Crippen LogP contribution in [0.25, 0.3) is 0 Å². The van der Waals surface area contributed by atoms with E-state index in [1.807, 2.05) is 0 Å². The van der Waals surface area contributed by atoms with Gasteiger partial charge in [0.05, 0.1) is 12.2 Å². The van der Waals surface area contributed by atoms with Gasteiger partial charge in [-0.1, -0.05) is 12.2 Å². The van der Waals surface area contributed by atoms with Crippen molar-refractivity contribution in [3.63, 3.8) is 0 Å². The average molecular weight is 257 g/mol. The largest absolute Gasteiger partial charge is 0.490 e. The van der Waals surface area contributed by atoms with E-state index in [1.165, 1.54) is 12.1 Å². The van der Waals surface area contributed by atoms with E-state index >= 15 is 0 Å². The zero-order chi connectivity index (χ0) is 13.1. The highest BCUT2D eigenvalue weighted by molar-refractivity contribution is 7.80. The van der Waals surface area contributed by atoms with E-state index in [1.54, 1.807) is 19.9 Å². The molecule has 0 radical (unpaired) electrons. The Morgan fingerprint density at radius 1 is 1.53 bits per heavy atom. The van der Waals surface area contributed by atoms with Crippen molar-refractivity contribution in [2.45, 2.75) is 25.9 Å². The number of aliphatic hydroxyl groups is 1. The van der Waals surface area contributed by atoms with Crippen LogP contribution in [0.4, 0.5) is 4.39 Å². The van der Waals surface area contributed by atoms with Gasteiger partial charge in [0.15, 0.2) is 11.6 Å². The smallest absolute Gasteiger partial charge is 0.165 e. The fourth-order valence-corrected chi connectivity index (χ4v) is 1.31. The van der Waals surface area contributed by atoms with E-state index in [4.69, 9.17) is 22.7 Å². The van der Waals surface area contributed by atoms with E-state index in [0.29, 0.717) is 12.0 Å². The summed E-state index contributed by atoms with van der Waals surface area (Å²) in [6, 6.07) is 4.32. The zero-order valence-electron chi connectivity index (χ0n) is 9.87. The molecule has 0 bridgehead atoms. The van der Waals surface area contributed by atoms with E-state index in [-0.39, 0.29) is 17.3 Å². The van der Waals surface area contributed by atoms with Crippen molar-refractivity contribution >= 4 is 17.2 Å². The van der Waals surface area contributed by atoms with Gasteiger partial charge in [0.2, 0.25) is 0 Å². The Morgan fingerprint density at radius 3 is 2.65 bits per heavy atom. The maximum atomic E-state index is 13.5. The molecule has 1 rings (SSSR count). The van der Waals surface area contributed by atoms with Gasteiger partial charge in [-0.2, -0.15) is 0 Å². The van der Waals surface area contributed by atoms with Gasteiger partial charge >= 0.3 is 0 Å².